The van der Waals surface area contributed by atoms with Crippen LogP contribution in [0.1, 0.15) is 57.7 Å². The summed E-state index contributed by atoms with van der Waals surface area (Å²) in [5.74, 6) is 1.25. The standard InChI is InChI=1S/C18H28N4O2/c1-12(13-8-6-9-13)17(23)19-15-10-5-4-7-14(15)11-16-20-22(3)18(24)21(16)2/h14-15H,4-11H2,1-3H3,(H,19,23)/t14-,15-/m1/s1. The van der Waals surface area contributed by atoms with E-state index in [9.17, 15) is 9.59 Å². The number of aromatic nitrogens is 3. The summed E-state index contributed by atoms with van der Waals surface area (Å²) in [6.45, 7) is 1.95. The molecule has 0 saturated heterocycles. The molecule has 2 aliphatic rings. The van der Waals surface area contributed by atoms with Crippen molar-refractivity contribution in [3.05, 3.63) is 27.5 Å². The molecule has 0 aromatic carbocycles. The number of hydrogen-bond donors (Lipinski definition) is 1. The van der Waals surface area contributed by atoms with Crippen LogP contribution in [-0.2, 0) is 25.3 Å². The normalized spacial score (nSPS) is 23.7. The molecule has 24 heavy (non-hydrogen) atoms. The van der Waals surface area contributed by atoms with E-state index in [2.05, 4.69) is 10.4 Å². The van der Waals surface area contributed by atoms with E-state index in [-0.39, 0.29) is 17.6 Å². The molecule has 3 rings (SSSR count). The first-order valence-electron chi connectivity index (χ1n) is 9.05. The fraction of sp³-hybridized carbons (Fsp3) is 0.722. The summed E-state index contributed by atoms with van der Waals surface area (Å²) in [4.78, 5) is 24.4. The molecule has 2 saturated carbocycles. The molecule has 2 fully saturated rings. The van der Waals surface area contributed by atoms with Crippen molar-refractivity contribution in [3.8, 4) is 0 Å². The van der Waals surface area contributed by atoms with Crippen molar-refractivity contribution in [1.82, 2.24) is 19.7 Å². The molecule has 1 N–H and O–H groups in total. The zero-order valence-corrected chi connectivity index (χ0v) is 15.0. The first kappa shape index (κ1) is 17.0. The van der Waals surface area contributed by atoms with Gasteiger partial charge in [0.1, 0.15) is 5.82 Å². The highest BCUT2D eigenvalue weighted by molar-refractivity contribution is 5.94. The monoisotopic (exact) mass is 332 g/mol. The van der Waals surface area contributed by atoms with Gasteiger partial charge in [-0.1, -0.05) is 18.4 Å². The number of allylic oxidation sites excluding steroid dienone is 1. The third-order valence-corrected chi connectivity index (χ3v) is 5.71. The number of hydrogen-bond acceptors (Lipinski definition) is 3. The van der Waals surface area contributed by atoms with Crippen molar-refractivity contribution < 1.29 is 4.79 Å². The summed E-state index contributed by atoms with van der Waals surface area (Å²) in [6, 6.07) is 0.180. The van der Waals surface area contributed by atoms with Crippen LogP contribution < -0.4 is 11.0 Å². The molecule has 132 valence electrons. The van der Waals surface area contributed by atoms with Gasteiger partial charge in [-0.15, -0.1) is 0 Å². The molecule has 2 aliphatic carbocycles. The fourth-order valence-electron chi connectivity index (χ4n) is 3.83. The summed E-state index contributed by atoms with van der Waals surface area (Å²) < 4.78 is 3.01. The second-order valence-corrected chi connectivity index (χ2v) is 7.29. The van der Waals surface area contributed by atoms with Crippen molar-refractivity contribution in [2.75, 3.05) is 0 Å². The van der Waals surface area contributed by atoms with E-state index in [1.165, 1.54) is 23.1 Å². The SMILES string of the molecule is CC(C(=O)N[C@@H]1CCCC[C@@H]1Cc1nn(C)c(=O)n1C)=C1CCC1. The summed E-state index contributed by atoms with van der Waals surface area (Å²) in [6.07, 6.45) is 8.51. The summed E-state index contributed by atoms with van der Waals surface area (Å²) in [5.41, 5.74) is 2.13. The summed E-state index contributed by atoms with van der Waals surface area (Å²) >= 11 is 0. The van der Waals surface area contributed by atoms with Gasteiger partial charge in [-0.05, 0) is 44.9 Å². The molecule has 2 atom stereocenters. The predicted octanol–water partition coefficient (Wildman–Crippen LogP) is 1.84. The quantitative estimate of drug-likeness (QED) is 0.855. The third kappa shape index (κ3) is 3.32. The lowest BCUT2D eigenvalue weighted by molar-refractivity contribution is -0.118. The van der Waals surface area contributed by atoms with Crippen LogP contribution in [0.3, 0.4) is 0 Å². The number of nitrogens with zero attached hydrogens (tertiary/aromatic N) is 3. The highest BCUT2D eigenvalue weighted by atomic mass is 16.2. The lowest BCUT2D eigenvalue weighted by atomic mass is 9.81. The summed E-state index contributed by atoms with van der Waals surface area (Å²) in [5, 5.41) is 7.61. The van der Waals surface area contributed by atoms with Crippen LogP contribution in [0, 0.1) is 5.92 Å². The maximum Gasteiger partial charge on any atom is 0.345 e. The molecule has 1 amide bonds. The molecule has 0 bridgehead atoms. The third-order valence-electron chi connectivity index (χ3n) is 5.71. The molecular formula is C18H28N4O2. The smallest absolute Gasteiger partial charge is 0.345 e. The minimum atomic E-state index is -0.0908. The highest BCUT2D eigenvalue weighted by Gasteiger charge is 2.29. The first-order chi connectivity index (χ1) is 11.5. The lowest BCUT2D eigenvalue weighted by Crippen LogP contribution is -2.43. The number of carbonyl (C=O) groups excluding carboxylic acids is 1. The molecule has 6 nitrogen and oxygen atoms in total. The Morgan fingerprint density at radius 2 is 1.92 bits per heavy atom. The highest BCUT2D eigenvalue weighted by Crippen LogP contribution is 2.30. The molecule has 0 spiro atoms. The van der Waals surface area contributed by atoms with E-state index in [1.807, 2.05) is 6.92 Å². The zero-order valence-electron chi connectivity index (χ0n) is 15.0. The van der Waals surface area contributed by atoms with Gasteiger partial charge in [-0.2, -0.15) is 5.10 Å². The van der Waals surface area contributed by atoms with Gasteiger partial charge in [0.2, 0.25) is 5.91 Å². The molecule has 1 aromatic heterocycles. The number of rotatable bonds is 4. The molecule has 0 aliphatic heterocycles. The predicted molar refractivity (Wildman–Crippen MR) is 92.6 cm³/mol. The molecule has 6 heteroatoms. The van der Waals surface area contributed by atoms with Gasteiger partial charge >= 0.3 is 5.69 Å². The minimum Gasteiger partial charge on any atom is -0.349 e. The number of amides is 1. The second kappa shape index (κ2) is 6.95. The van der Waals surface area contributed by atoms with Gasteiger partial charge in [-0.3, -0.25) is 9.36 Å². The number of aryl methyl sites for hydroxylation is 1. The van der Waals surface area contributed by atoms with Crippen LogP contribution in [0.5, 0.6) is 0 Å². The maximum atomic E-state index is 12.5. The largest absolute Gasteiger partial charge is 0.349 e. The van der Waals surface area contributed by atoms with Crippen LogP contribution >= 0.6 is 0 Å². The van der Waals surface area contributed by atoms with Crippen molar-refractivity contribution in [2.45, 2.75) is 64.3 Å². The Morgan fingerprint density at radius 1 is 1.21 bits per heavy atom. The Morgan fingerprint density at radius 3 is 2.50 bits per heavy atom. The molecule has 1 aromatic rings. The first-order valence-corrected chi connectivity index (χ1v) is 9.05. The molecule has 0 radical (unpaired) electrons. The Kier molecular flexibility index (Phi) is 4.92. The van der Waals surface area contributed by atoms with E-state index >= 15 is 0 Å². The lowest BCUT2D eigenvalue weighted by Gasteiger charge is -2.32. The van der Waals surface area contributed by atoms with Gasteiger partial charge in [0.05, 0.1) is 0 Å². The minimum absolute atomic E-state index is 0.0908. The Hall–Kier alpha value is -1.85. The summed E-state index contributed by atoms with van der Waals surface area (Å²) in [7, 11) is 3.45. The van der Waals surface area contributed by atoms with Gasteiger partial charge in [0.25, 0.3) is 0 Å². The number of carbonyl (C=O) groups is 1. The molecule has 0 unspecified atom stereocenters. The van der Waals surface area contributed by atoms with E-state index in [1.54, 1.807) is 18.7 Å². The van der Waals surface area contributed by atoms with Crippen molar-refractivity contribution in [1.29, 1.82) is 0 Å². The van der Waals surface area contributed by atoms with Crippen LogP contribution in [0.4, 0.5) is 0 Å². The zero-order chi connectivity index (χ0) is 17.3. The van der Waals surface area contributed by atoms with Crippen LogP contribution in [0.25, 0.3) is 0 Å². The fourth-order valence-corrected chi connectivity index (χ4v) is 3.83. The Labute approximate surface area is 142 Å². The van der Waals surface area contributed by atoms with Crippen LogP contribution in [0.15, 0.2) is 15.9 Å². The van der Waals surface area contributed by atoms with Gasteiger partial charge in [0, 0.05) is 32.1 Å². The van der Waals surface area contributed by atoms with Crippen molar-refractivity contribution >= 4 is 5.91 Å². The van der Waals surface area contributed by atoms with E-state index in [0.29, 0.717) is 5.92 Å². The van der Waals surface area contributed by atoms with E-state index in [0.717, 1.165) is 49.9 Å². The van der Waals surface area contributed by atoms with Crippen molar-refractivity contribution in [2.24, 2.45) is 20.0 Å². The van der Waals surface area contributed by atoms with Crippen molar-refractivity contribution in [3.63, 3.8) is 0 Å². The van der Waals surface area contributed by atoms with Crippen LogP contribution in [0.2, 0.25) is 0 Å². The topological polar surface area (TPSA) is 68.9 Å². The second-order valence-electron chi connectivity index (χ2n) is 7.29. The van der Waals surface area contributed by atoms with Gasteiger partial charge in [0.15, 0.2) is 0 Å². The Balaban J connectivity index is 1.70. The van der Waals surface area contributed by atoms with Gasteiger partial charge < -0.3 is 5.32 Å². The average Bonchev–Trinajstić information content (AvgIpc) is 2.74. The van der Waals surface area contributed by atoms with E-state index < -0.39 is 0 Å². The van der Waals surface area contributed by atoms with Gasteiger partial charge in [-0.25, -0.2) is 9.48 Å². The van der Waals surface area contributed by atoms with E-state index in [4.69, 9.17) is 0 Å². The average molecular weight is 332 g/mol. The number of nitrogens with one attached hydrogen (secondary N) is 1. The maximum absolute atomic E-state index is 12.5. The molecular weight excluding hydrogens is 304 g/mol. The Bertz CT molecular complexity index is 707. The van der Waals surface area contributed by atoms with Crippen LogP contribution in [-0.4, -0.2) is 26.3 Å². The molecule has 1 heterocycles.